The normalized spacial score (nSPS) is 13.2. The van der Waals surface area contributed by atoms with Crippen molar-refractivity contribution in [2.75, 3.05) is 71.8 Å². The Kier molecular flexibility index (Phi) is 26.4. The van der Waals surface area contributed by atoms with Crippen LogP contribution in [0.15, 0.2) is 167 Å². The van der Waals surface area contributed by atoms with Gasteiger partial charge in [-0.05, 0) is 168 Å². The van der Waals surface area contributed by atoms with E-state index in [-0.39, 0.29) is 91.7 Å². The van der Waals surface area contributed by atoms with Crippen LogP contribution in [0, 0.1) is 0 Å². The molecule has 6 heterocycles. The number of anilines is 2. The summed E-state index contributed by atoms with van der Waals surface area (Å²) in [5.74, 6) is -0.886. The Labute approximate surface area is 651 Å². The Morgan fingerprint density at radius 3 is 1.19 bits per heavy atom. The average molecular weight is 1660 g/mol. The highest BCUT2D eigenvalue weighted by Gasteiger charge is 2.36. The first-order chi connectivity index (χ1) is 51.3. The number of nitrogens with zero attached hydrogens (tertiary/aromatic N) is 5. The maximum atomic E-state index is 12.9. The third-order valence-electron chi connectivity index (χ3n) is 17.4. The van der Waals surface area contributed by atoms with Gasteiger partial charge in [0.25, 0.3) is 29.5 Å². The first kappa shape index (κ1) is 79.0. The molecular formula is C78H68Br2Cl4N8O15. The van der Waals surface area contributed by atoms with Gasteiger partial charge in [-0.2, -0.15) is 0 Å². The molecule has 14 rings (SSSR count). The maximum absolute atomic E-state index is 12.9. The molecule has 0 saturated heterocycles. The number of aromatic nitrogens is 1. The lowest BCUT2D eigenvalue weighted by atomic mass is 9.97. The average Bonchev–Trinajstić information content (AvgIpc) is 1.63. The predicted octanol–water partition coefficient (Wildman–Crippen LogP) is 14.5. The predicted molar refractivity (Wildman–Crippen MR) is 412 cm³/mol. The van der Waals surface area contributed by atoms with Crippen molar-refractivity contribution in [3.05, 3.63) is 243 Å². The largest absolute Gasteiger partial charge is 0.497 e. The Balaban J connectivity index is 0.000000148. The zero-order valence-electron chi connectivity index (χ0n) is 58.0. The third kappa shape index (κ3) is 18.5. The summed E-state index contributed by atoms with van der Waals surface area (Å²) in [6, 6.07) is 46.7. The van der Waals surface area contributed by atoms with Gasteiger partial charge >= 0.3 is 17.9 Å². The molecule has 0 fully saturated rings. The number of carboxylic acids is 1. The van der Waals surface area contributed by atoms with Gasteiger partial charge in [0.2, 0.25) is 5.91 Å². The lowest BCUT2D eigenvalue weighted by molar-refractivity contribution is -0.144. The fourth-order valence-corrected chi connectivity index (χ4v) is 14.3. The molecule has 6 amide bonds. The molecule has 552 valence electrons. The van der Waals surface area contributed by atoms with Crippen LogP contribution in [0.5, 0.6) is 17.2 Å². The summed E-state index contributed by atoms with van der Waals surface area (Å²) < 4.78 is 27.2. The molecule has 23 nitrogen and oxygen atoms in total. The summed E-state index contributed by atoms with van der Waals surface area (Å²) >= 11 is 31.7. The smallest absolute Gasteiger partial charge is 0.325 e. The Morgan fingerprint density at radius 2 is 0.822 bits per heavy atom. The fraction of sp³-hybridized carbons (Fsp3) is 0.205. The molecule has 0 spiro atoms. The number of pyridine rings is 1. The van der Waals surface area contributed by atoms with E-state index in [4.69, 9.17) is 80.9 Å². The van der Waals surface area contributed by atoms with Crippen molar-refractivity contribution in [1.29, 1.82) is 0 Å². The van der Waals surface area contributed by atoms with Crippen molar-refractivity contribution in [3.63, 3.8) is 0 Å². The number of amides is 6. The Bertz CT molecular complexity index is 5010. The van der Waals surface area contributed by atoms with Gasteiger partial charge < -0.3 is 64.8 Å². The van der Waals surface area contributed by atoms with Gasteiger partial charge in [0.05, 0.1) is 55.3 Å². The molecule has 5 aliphatic rings. The van der Waals surface area contributed by atoms with E-state index in [1.165, 1.54) is 25.7 Å². The molecule has 8 aromatic carbocycles. The number of nitrogens with one attached hydrogen (secondary N) is 2. The number of benzene rings is 8. The molecule has 1 aromatic heterocycles. The van der Waals surface area contributed by atoms with E-state index in [0.717, 1.165) is 75.7 Å². The van der Waals surface area contributed by atoms with Gasteiger partial charge in [-0.15, -0.1) is 0 Å². The van der Waals surface area contributed by atoms with Crippen LogP contribution in [0.25, 0.3) is 33.4 Å². The van der Waals surface area contributed by atoms with Gasteiger partial charge in [0.15, 0.2) is 0 Å². The van der Waals surface area contributed by atoms with Gasteiger partial charge in [-0.3, -0.25) is 43.2 Å². The molecule has 29 heteroatoms. The number of esters is 2. The highest BCUT2D eigenvalue weighted by molar-refractivity contribution is 9.10. The number of rotatable bonds is 17. The molecular weight excluding hydrogens is 1590 g/mol. The highest BCUT2D eigenvalue weighted by Crippen LogP contribution is 2.42. The van der Waals surface area contributed by atoms with Crippen molar-refractivity contribution >= 4 is 143 Å². The van der Waals surface area contributed by atoms with Crippen molar-refractivity contribution < 1.29 is 71.9 Å². The monoisotopic (exact) mass is 1650 g/mol. The number of nitrogen functional groups attached to an aromatic ring is 1. The van der Waals surface area contributed by atoms with E-state index in [0.29, 0.717) is 93.1 Å². The zero-order valence-corrected chi connectivity index (χ0v) is 64.2. The second kappa shape index (κ2) is 35.7. The first-order valence-electron chi connectivity index (χ1n) is 33.0. The van der Waals surface area contributed by atoms with E-state index in [2.05, 4.69) is 47.5 Å². The van der Waals surface area contributed by atoms with E-state index in [1.807, 2.05) is 84.9 Å². The zero-order chi connectivity index (χ0) is 76.9. The van der Waals surface area contributed by atoms with Crippen molar-refractivity contribution in [2.45, 2.75) is 46.6 Å². The maximum Gasteiger partial charge on any atom is 0.325 e. The molecule has 107 heavy (non-hydrogen) atoms. The minimum absolute atomic E-state index is 0.00773. The summed E-state index contributed by atoms with van der Waals surface area (Å²) in [6.07, 6.45) is 0. The number of hydrogen-bond donors (Lipinski definition) is 4. The second-order valence-corrected chi connectivity index (χ2v) is 27.3. The van der Waals surface area contributed by atoms with Crippen molar-refractivity contribution in [3.8, 4) is 50.6 Å². The summed E-state index contributed by atoms with van der Waals surface area (Å²) in [5, 5.41) is 16.2. The molecule has 0 aliphatic carbocycles. The van der Waals surface area contributed by atoms with Crippen LogP contribution in [-0.2, 0) is 61.4 Å². The highest BCUT2D eigenvalue weighted by atomic mass is 79.9. The first-order valence-corrected chi connectivity index (χ1v) is 36.1. The number of nitrogens with two attached hydrogens (primary N) is 1. The number of carbonyl (C=O) groups is 9. The summed E-state index contributed by atoms with van der Waals surface area (Å²) in [5.41, 5.74) is 18.7. The Hall–Kier alpha value is -10.5. The van der Waals surface area contributed by atoms with Gasteiger partial charge in [-0.1, -0.05) is 127 Å². The number of ether oxygens (including phenoxy) is 5. The summed E-state index contributed by atoms with van der Waals surface area (Å²) in [7, 11) is 4.71. The summed E-state index contributed by atoms with van der Waals surface area (Å²) in [6.45, 7) is 5.61. The van der Waals surface area contributed by atoms with Gasteiger partial charge in [-0.25, -0.2) is 4.98 Å². The topological polar surface area (TPSA) is 296 Å². The number of fused-ring (bicyclic) bond motifs is 5. The van der Waals surface area contributed by atoms with Crippen LogP contribution < -0.4 is 30.6 Å². The van der Waals surface area contributed by atoms with Crippen LogP contribution >= 0.6 is 78.3 Å². The van der Waals surface area contributed by atoms with Crippen LogP contribution in [0.4, 0.5) is 11.5 Å². The number of carboxylic acid groups (broad SMARTS) is 1. The number of methoxy groups -OCH3 is 3. The SMILES string of the molecule is CCOC(=O)CN1Cc2c(Br)cccc2C1=O.CCOC(=O)CN1Cc2c(cccc2-c2ccc(OC)cc2Cl)C1=O.COc1ccc(-c2cccc3c2CN(CC(=O)Nc2ccc(Cl)nc2N)C3=O)c(Cl)c1.COc1ccc(-c2cccc3c2CN(CC(=O)O)C3=O)c(Cl)c1.O=C1NCc2c(Br)cccc21. The minimum atomic E-state index is -1.03. The summed E-state index contributed by atoms with van der Waals surface area (Å²) in [4.78, 5) is 117. The van der Waals surface area contributed by atoms with E-state index in [9.17, 15) is 43.2 Å². The van der Waals surface area contributed by atoms with Crippen LogP contribution in [-0.4, -0.2) is 144 Å². The van der Waals surface area contributed by atoms with E-state index < -0.39 is 11.9 Å². The Morgan fingerprint density at radius 1 is 0.467 bits per heavy atom. The number of halogens is 6. The van der Waals surface area contributed by atoms with Gasteiger partial charge in [0, 0.05) is 86.2 Å². The third-order valence-corrected chi connectivity index (χ3v) is 20.0. The minimum Gasteiger partial charge on any atom is -0.497 e. The second-order valence-electron chi connectivity index (χ2n) is 24.0. The quantitative estimate of drug-likeness (QED) is 0.0486. The van der Waals surface area contributed by atoms with Crippen LogP contribution in [0.1, 0.15) is 93.5 Å². The molecule has 0 saturated carbocycles. The lowest BCUT2D eigenvalue weighted by Gasteiger charge is -2.16. The molecule has 5 N–H and O–H groups in total. The number of hydrogen-bond acceptors (Lipinski definition) is 16. The molecule has 0 bridgehead atoms. The van der Waals surface area contributed by atoms with Crippen LogP contribution in [0.2, 0.25) is 20.2 Å². The molecule has 0 atom stereocenters. The van der Waals surface area contributed by atoms with E-state index >= 15 is 0 Å². The van der Waals surface area contributed by atoms with Gasteiger partial charge in [0.1, 0.15) is 54.4 Å². The number of aliphatic carboxylic acids is 1. The standard InChI is InChI=1S/C22H18Cl2N4O3.C19H18ClNO4.C17H14ClNO4.C12H12BrNO3.C8H6BrNO/c1-31-12-5-6-14(17(23)9-12)13-3-2-4-15-16(13)10-28(22(15)30)11-20(29)26-18-7-8-19(24)27-21(18)25;1-3-25-18(22)11-21-10-16-13(5-4-6-15(16)19(21)23)14-8-7-12(24-2)9-17(14)20;1-23-10-5-6-12(15(18)7-10)11-3-2-4-13-14(11)8-19(17(13)22)9-16(20)21;1-2-17-11(15)7-14-6-9-8(12(14)16)4-3-5-10(9)13;9-7-3-1-2-5-6(7)4-10-8(5)11/h2-9H,10-11H2,1H3,(H2,25,27)(H,26,29);4-9H,3,10-11H2,1-2H3;2-7H,8-9H2,1H3,(H,20,21);3-5H,2,6-7H2,1H3;1-3H,4H2,(H,10,11). The van der Waals surface area contributed by atoms with Crippen LogP contribution in [0.3, 0.4) is 0 Å². The number of carbonyl (C=O) groups excluding carboxylic acids is 8. The molecule has 9 aromatic rings. The van der Waals surface area contributed by atoms with Crippen molar-refractivity contribution in [2.24, 2.45) is 0 Å². The molecule has 0 unspecified atom stereocenters. The van der Waals surface area contributed by atoms with E-state index in [1.54, 1.807) is 102 Å². The fourth-order valence-electron chi connectivity index (χ4n) is 12.3. The molecule has 5 aliphatic heterocycles. The lowest BCUT2D eigenvalue weighted by Crippen LogP contribution is -2.33. The van der Waals surface area contributed by atoms with Crippen molar-refractivity contribution in [1.82, 2.24) is 29.9 Å². The molecule has 0 radical (unpaired) electrons.